The van der Waals surface area contributed by atoms with E-state index in [2.05, 4.69) is 4.83 Å². The van der Waals surface area contributed by atoms with E-state index in [4.69, 9.17) is 4.74 Å². The van der Waals surface area contributed by atoms with E-state index in [1.165, 1.54) is 36.4 Å². The number of esters is 1. The van der Waals surface area contributed by atoms with Gasteiger partial charge in [-0.15, -0.1) is 4.83 Å². The van der Waals surface area contributed by atoms with Crippen LogP contribution in [-0.2, 0) is 14.8 Å². The molecule has 0 atom stereocenters. The molecule has 0 heterocycles. The zero-order valence-corrected chi connectivity index (χ0v) is 17.0. The molecule has 0 saturated carbocycles. The SMILES string of the molecule is CCOC(=O)c1ccc(N(NS(=O)(=O)c2ccccc2)C(=O)c2ccccc2)cc1. The average Bonchev–Trinajstić information content (AvgIpc) is 2.78. The van der Waals surface area contributed by atoms with E-state index >= 15 is 0 Å². The summed E-state index contributed by atoms with van der Waals surface area (Å²) in [6.07, 6.45) is 0. The molecule has 3 rings (SSSR count). The van der Waals surface area contributed by atoms with Crippen LogP contribution in [0.1, 0.15) is 27.6 Å². The minimum Gasteiger partial charge on any atom is -0.462 e. The molecule has 1 amide bonds. The highest BCUT2D eigenvalue weighted by Gasteiger charge is 2.25. The first-order valence-corrected chi connectivity index (χ1v) is 10.6. The Hall–Kier alpha value is -3.49. The minimum atomic E-state index is -4.03. The summed E-state index contributed by atoms with van der Waals surface area (Å²) >= 11 is 0. The number of nitrogens with zero attached hydrogens (tertiary/aromatic N) is 1. The molecular weight excluding hydrogens is 404 g/mol. The number of rotatable bonds is 7. The first-order chi connectivity index (χ1) is 14.4. The third-order valence-corrected chi connectivity index (χ3v) is 5.44. The van der Waals surface area contributed by atoms with Gasteiger partial charge in [-0.05, 0) is 55.5 Å². The van der Waals surface area contributed by atoms with Gasteiger partial charge in [-0.2, -0.15) is 0 Å². The number of hydrazine groups is 1. The van der Waals surface area contributed by atoms with Gasteiger partial charge in [-0.1, -0.05) is 36.4 Å². The van der Waals surface area contributed by atoms with Crippen molar-refractivity contribution in [2.45, 2.75) is 11.8 Å². The Balaban J connectivity index is 1.98. The Bertz CT molecular complexity index is 1120. The van der Waals surface area contributed by atoms with Crippen molar-refractivity contribution in [2.24, 2.45) is 0 Å². The van der Waals surface area contributed by atoms with Gasteiger partial charge in [0.05, 0.1) is 22.8 Å². The second-order valence-electron chi connectivity index (χ2n) is 6.18. The predicted molar refractivity (Wildman–Crippen MR) is 112 cm³/mol. The van der Waals surface area contributed by atoms with Gasteiger partial charge in [0.1, 0.15) is 0 Å². The molecule has 1 N–H and O–H groups in total. The van der Waals surface area contributed by atoms with Crippen molar-refractivity contribution in [1.82, 2.24) is 4.83 Å². The molecule has 7 nitrogen and oxygen atoms in total. The molecule has 8 heteroatoms. The van der Waals surface area contributed by atoms with Crippen LogP contribution in [-0.4, -0.2) is 26.9 Å². The molecule has 0 unspecified atom stereocenters. The van der Waals surface area contributed by atoms with Crippen molar-refractivity contribution in [3.63, 3.8) is 0 Å². The van der Waals surface area contributed by atoms with Crippen molar-refractivity contribution < 1.29 is 22.7 Å². The van der Waals surface area contributed by atoms with Gasteiger partial charge < -0.3 is 4.74 Å². The number of carbonyl (C=O) groups excluding carboxylic acids is 2. The zero-order chi connectivity index (χ0) is 21.6. The molecule has 0 bridgehead atoms. The highest BCUT2D eigenvalue weighted by Crippen LogP contribution is 2.19. The Morgan fingerprint density at radius 1 is 0.833 bits per heavy atom. The van der Waals surface area contributed by atoms with Crippen LogP contribution < -0.4 is 9.84 Å². The molecule has 0 aliphatic rings. The lowest BCUT2D eigenvalue weighted by atomic mass is 10.1. The van der Waals surface area contributed by atoms with E-state index in [9.17, 15) is 18.0 Å². The first kappa shape index (κ1) is 21.2. The van der Waals surface area contributed by atoms with Gasteiger partial charge >= 0.3 is 5.97 Å². The van der Waals surface area contributed by atoms with Crippen LogP contribution in [0.4, 0.5) is 5.69 Å². The molecule has 3 aromatic rings. The van der Waals surface area contributed by atoms with Crippen molar-refractivity contribution in [2.75, 3.05) is 11.6 Å². The lowest BCUT2D eigenvalue weighted by Gasteiger charge is -2.23. The second-order valence-corrected chi connectivity index (χ2v) is 7.84. The number of carbonyl (C=O) groups is 2. The van der Waals surface area contributed by atoms with Crippen LogP contribution >= 0.6 is 0 Å². The topological polar surface area (TPSA) is 92.8 Å². The summed E-state index contributed by atoms with van der Waals surface area (Å²) in [5.74, 6) is -1.08. The summed E-state index contributed by atoms with van der Waals surface area (Å²) < 4.78 is 30.6. The molecule has 0 aromatic heterocycles. The third-order valence-electron chi connectivity index (χ3n) is 4.13. The predicted octanol–water partition coefficient (Wildman–Crippen LogP) is 3.40. The lowest BCUT2D eigenvalue weighted by Crippen LogP contribution is -2.46. The first-order valence-electron chi connectivity index (χ1n) is 9.16. The fourth-order valence-corrected chi connectivity index (χ4v) is 3.70. The Labute approximate surface area is 174 Å². The number of nitrogens with one attached hydrogen (secondary N) is 1. The van der Waals surface area contributed by atoms with Crippen LogP contribution in [0.15, 0.2) is 89.8 Å². The molecule has 0 radical (unpaired) electrons. The lowest BCUT2D eigenvalue weighted by molar-refractivity contribution is 0.0526. The Morgan fingerprint density at radius 2 is 1.40 bits per heavy atom. The molecule has 30 heavy (non-hydrogen) atoms. The van der Waals surface area contributed by atoms with Gasteiger partial charge in [0.2, 0.25) is 0 Å². The van der Waals surface area contributed by atoms with E-state index in [0.29, 0.717) is 11.1 Å². The van der Waals surface area contributed by atoms with E-state index in [1.807, 2.05) is 0 Å². The minimum absolute atomic E-state index is 0.0130. The van der Waals surface area contributed by atoms with E-state index in [0.717, 1.165) is 5.01 Å². The number of hydrogen-bond acceptors (Lipinski definition) is 5. The van der Waals surface area contributed by atoms with Crippen molar-refractivity contribution in [1.29, 1.82) is 0 Å². The molecule has 0 aliphatic carbocycles. The van der Waals surface area contributed by atoms with Crippen molar-refractivity contribution >= 4 is 27.6 Å². The maximum atomic E-state index is 13.1. The monoisotopic (exact) mass is 424 g/mol. The molecule has 154 valence electrons. The second kappa shape index (κ2) is 9.34. The molecule has 3 aromatic carbocycles. The summed E-state index contributed by atoms with van der Waals surface area (Å²) in [6.45, 7) is 1.93. The number of sulfonamides is 1. The fourth-order valence-electron chi connectivity index (χ4n) is 2.65. The zero-order valence-electron chi connectivity index (χ0n) is 16.2. The number of benzene rings is 3. The van der Waals surface area contributed by atoms with E-state index in [1.54, 1.807) is 55.5 Å². The van der Waals surface area contributed by atoms with Crippen molar-refractivity contribution in [3.05, 3.63) is 96.1 Å². The van der Waals surface area contributed by atoms with Crippen LogP contribution in [0.25, 0.3) is 0 Å². The summed E-state index contributed by atoms with van der Waals surface area (Å²) in [7, 11) is -4.03. The highest BCUT2D eigenvalue weighted by molar-refractivity contribution is 7.89. The Kier molecular flexibility index (Phi) is 6.61. The summed E-state index contributed by atoms with van der Waals surface area (Å²) in [5.41, 5.74) is 0.831. The maximum Gasteiger partial charge on any atom is 0.338 e. The fraction of sp³-hybridized carbons (Fsp3) is 0.0909. The molecule has 0 aliphatic heterocycles. The highest BCUT2D eigenvalue weighted by atomic mass is 32.2. The van der Waals surface area contributed by atoms with Crippen LogP contribution in [0.2, 0.25) is 0 Å². The summed E-state index contributed by atoms with van der Waals surface area (Å²) in [5, 5.41) is 0.937. The van der Waals surface area contributed by atoms with Gasteiger partial charge in [-0.25, -0.2) is 18.2 Å². The van der Waals surface area contributed by atoms with Gasteiger partial charge in [-0.3, -0.25) is 4.79 Å². The standard InChI is InChI=1S/C22H20N2O5S/c1-2-29-22(26)18-13-15-19(16-14-18)24(21(25)17-9-5-3-6-10-17)23-30(27,28)20-11-7-4-8-12-20/h3-16,23H,2H2,1H3. The largest absolute Gasteiger partial charge is 0.462 e. The smallest absolute Gasteiger partial charge is 0.338 e. The normalized spacial score (nSPS) is 11.0. The van der Waals surface area contributed by atoms with Crippen LogP contribution in [0.3, 0.4) is 0 Å². The summed E-state index contributed by atoms with van der Waals surface area (Å²) in [4.78, 5) is 27.3. The number of anilines is 1. The molecule has 0 fully saturated rings. The maximum absolute atomic E-state index is 13.1. The van der Waals surface area contributed by atoms with Gasteiger partial charge in [0.15, 0.2) is 0 Å². The Morgan fingerprint density at radius 3 is 1.97 bits per heavy atom. The van der Waals surface area contributed by atoms with E-state index in [-0.39, 0.29) is 17.2 Å². The number of amides is 1. The number of ether oxygens (including phenoxy) is 1. The van der Waals surface area contributed by atoms with Crippen LogP contribution in [0, 0.1) is 0 Å². The van der Waals surface area contributed by atoms with Crippen molar-refractivity contribution in [3.8, 4) is 0 Å². The van der Waals surface area contributed by atoms with Gasteiger partial charge in [0.25, 0.3) is 15.9 Å². The molecular formula is C22H20N2O5S. The summed E-state index contributed by atoms with van der Waals surface area (Å²) in [6, 6.07) is 21.9. The third kappa shape index (κ3) is 4.91. The molecule has 0 saturated heterocycles. The van der Waals surface area contributed by atoms with Crippen LogP contribution in [0.5, 0.6) is 0 Å². The quantitative estimate of drug-likeness (QED) is 0.464. The molecule has 0 spiro atoms. The van der Waals surface area contributed by atoms with E-state index < -0.39 is 21.9 Å². The van der Waals surface area contributed by atoms with Gasteiger partial charge in [0, 0.05) is 5.56 Å². The average molecular weight is 424 g/mol. The number of hydrogen-bond donors (Lipinski definition) is 1.